The predicted octanol–water partition coefficient (Wildman–Crippen LogP) is 3.28. The molecule has 1 N–H and O–H groups in total. The van der Waals surface area contributed by atoms with E-state index in [1.165, 1.54) is 12.4 Å². The number of aromatic nitrogens is 1. The smallest absolute Gasteiger partial charge is 0.273 e. The average molecular weight is 345 g/mol. The Labute approximate surface area is 150 Å². The second-order valence-electron chi connectivity index (χ2n) is 5.34. The van der Waals surface area contributed by atoms with Gasteiger partial charge in [0.15, 0.2) is 0 Å². The Morgan fingerprint density at radius 2 is 1.38 bits per heavy atom. The van der Waals surface area contributed by atoms with Gasteiger partial charge in [-0.3, -0.25) is 19.9 Å². The van der Waals surface area contributed by atoms with Crippen molar-refractivity contribution in [2.45, 2.75) is 0 Å². The molecular formula is C20H15N3O3. The average Bonchev–Trinajstić information content (AvgIpc) is 2.70. The van der Waals surface area contributed by atoms with Crippen LogP contribution < -0.4 is 10.2 Å². The lowest BCUT2D eigenvalue weighted by atomic mass is 10.2. The summed E-state index contributed by atoms with van der Waals surface area (Å²) in [7, 11) is 0. The number of imide groups is 2. The summed E-state index contributed by atoms with van der Waals surface area (Å²) in [6.07, 6.45) is 2.90. The second kappa shape index (κ2) is 7.85. The van der Waals surface area contributed by atoms with Crippen LogP contribution in [0.4, 0.5) is 10.5 Å². The Bertz CT molecular complexity index is 913. The fraction of sp³-hybridized carbons (Fsp3) is 0. The van der Waals surface area contributed by atoms with Gasteiger partial charge in [0.2, 0.25) is 0 Å². The van der Waals surface area contributed by atoms with Crippen molar-refractivity contribution in [1.29, 1.82) is 0 Å². The minimum Gasteiger partial charge on any atom is -0.273 e. The van der Waals surface area contributed by atoms with Crippen LogP contribution in [-0.4, -0.2) is 22.8 Å². The van der Waals surface area contributed by atoms with Crippen LogP contribution in [0.15, 0.2) is 85.2 Å². The first-order chi connectivity index (χ1) is 12.7. The van der Waals surface area contributed by atoms with Crippen molar-refractivity contribution in [3.8, 4) is 0 Å². The van der Waals surface area contributed by atoms with Gasteiger partial charge in [-0.05, 0) is 36.4 Å². The number of anilines is 1. The van der Waals surface area contributed by atoms with Gasteiger partial charge in [0, 0.05) is 18.0 Å². The maximum absolute atomic E-state index is 12.8. The first-order valence-electron chi connectivity index (χ1n) is 7.86. The van der Waals surface area contributed by atoms with Crippen LogP contribution in [0.2, 0.25) is 0 Å². The van der Waals surface area contributed by atoms with E-state index in [0.717, 1.165) is 4.90 Å². The monoisotopic (exact) mass is 345 g/mol. The Kier molecular flexibility index (Phi) is 5.14. The summed E-state index contributed by atoms with van der Waals surface area (Å²) in [4.78, 5) is 42.6. The summed E-state index contributed by atoms with van der Waals surface area (Å²) in [5.74, 6) is -1.17. The molecule has 0 spiro atoms. The molecule has 6 heteroatoms. The van der Waals surface area contributed by atoms with Crippen molar-refractivity contribution in [2.24, 2.45) is 0 Å². The summed E-state index contributed by atoms with van der Waals surface area (Å²) in [6, 6.07) is 19.0. The lowest BCUT2D eigenvalue weighted by Gasteiger charge is -2.21. The van der Waals surface area contributed by atoms with Crippen molar-refractivity contribution in [2.75, 3.05) is 4.90 Å². The van der Waals surface area contributed by atoms with Gasteiger partial charge >= 0.3 is 6.03 Å². The largest absolute Gasteiger partial charge is 0.335 e. The number of urea groups is 1. The normalized spacial score (nSPS) is 10.0. The first-order valence-corrected chi connectivity index (χ1v) is 7.86. The third-order valence-corrected chi connectivity index (χ3v) is 3.59. The number of amides is 4. The van der Waals surface area contributed by atoms with E-state index in [2.05, 4.69) is 10.3 Å². The lowest BCUT2D eigenvalue weighted by molar-refractivity contribution is 0.0959. The fourth-order valence-corrected chi connectivity index (χ4v) is 2.34. The quantitative estimate of drug-likeness (QED) is 0.790. The molecule has 2 aromatic carbocycles. The first kappa shape index (κ1) is 17.0. The Balaban J connectivity index is 1.89. The zero-order valence-electron chi connectivity index (χ0n) is 13.7. The van der Waals surface area contributed by atoms with E-state index < -0.39 is 17.8 Å². The highest BCUT2D eigenvalue weighted by atomic mass is 16.2. The molecule has 26 heavy (non-hydrogen) atoms. The van der Waals surface area contributed by atoms with Crippen LogP contribution in [0.5, 0.6) is 0 Å². The minimum absolute atomic E-state index is 0.235. The minimum atomic E-state index is -0.834. The van der Waals surface area contributed by atoms with Crippen LogP contribution in [-0.2, 0) is 0 Å². The molecule has 0 atom stereocenters. The highest BCUT2D eigenvalue weighted by molar-refractivity contribution is 6.23. The van der Waals surface area contributed by atoms with Crippen molar-refractivity contribution < 1.29 is 14.4 Å². The Morgan fingerprint density at radius 3 is 2.00 bits per heavy atom. The van der Waals surface area contributed by atoms with Crippen molar-refractivity contribution >= 4 is 23.5 Å². The highest BCUT2D eigenvalue weighted by Gasteiger charge is 2.26. The van der Waals surface area contributed by atoms with Gasteiger partial charge in [-0.2, -0.15) is 0 Å². The van der Waals surface area contributed by atoms with E-state index >= 15 is 0 Å². The summed E-state index contributed by atoms with van der Waals surface area (Å²) in [5, 5.41) is 2.25. The van der Waals surface area contributed by atoms with Crippen LogP contribution >= 0.6 is 0 Å². The number of benzene rings is 2. The summed E-state index contributed by atoms with van der Waals surface area (Å²) in [5.41, 5.74) is 0.904. The van der Waals surface area contributed by atoms with Gasteiger partial charge in [0.25, 0.3) is 11.8 Å². The second-order valence-corrected chi connectivity index (χ2v) is 5.34. The number of carbonyl (C=O) groups is 3. The summed E-state index contributed by atoms with van der Waals surface area (Å²) < 4.78 is 0. The molecule has 1 aromatic heterocycles. The van der Waals surface area contributed by atoms with Crippen LogP contribution in [0.1, 0.15) is 20.7 Å². The number of hydrogen-bond donors (Lipinski definition) is 1. The summed E-state index contributed by atoms with van der Waals surface area (Å²) >= 11 is 0. The molecule has 3 aromatic rings. The molecule has 0 saturated heterocycles. The number of rotatable bonds is 3. The molecule has 1 heterocycles. The summed E-state index contributed by atoms with van der Waals surface area (Å²) in [6.45, 7) is 0. The third-order valence-electron chi connectivity index (χ3n) is 3.59. The van der Waals surface area contributed by atoms with Gasteiger partial charge in [0.05, 0.1) is 11.3 Å². The Morgan fingerprint density at radius 1 is 0.769 bits per heavy atom. The molecule has 0 radical (unpaired) electrons. The van der Waals surface area contributed by atoms with Crippen molar-refractivity contribution in [1.82, 2.24) is 10.3 Å². The van der Waals surface area contributed by atoms with E-state index in [1.54, 1.807) is 72.8 Å². The molecule has 3 rings (SSSR count). The maximum Gasteiger partial charge on any atom is 0.335 e. The zero-order valence-corrected chi connectivity index (χ0v) is 13.7. The Hall–Kier alpha value is -3.80. The molecular weight excluding hydrogens is 330 g/mol. The van der Waals surface area contributed by atoms with Crippen LogP contribution in [0, 0.1) is 0 Å². The third kappa shape index (κ3) is 3.81. The zero-order chi connectivity index (χ0) is 18.4. The molecule has 0 aliphatic heterocycles. The van der Waals surface area contributed by atoms with Gasteiger partial charge in [0.1, 0.15) is 0 Å². The van der Waals surface area contributed by atoms with E-state index in [-0.39, 0.29) is 5.56 Å². The number of carbonyl (C=O) groups excluding carboxylic acids is 3. The number of para-hydroxylation sites is 1. The van der Waals surface area contributed by atoms with Crippen molar-refractivity contribution in [3.05, 3.63) is 96.3 Å². The van der Waals surface area contributed by atoms with E-state index in [9.17, 15) is 14.4 Å². The van der Waals surface area contributed by atoms with Gasteiger partial charge in [-0.15, -0.1) is 0 Å². The van der Waals surface area contributed by atoms with E-state index in [4.69, 9.17) is 0 Å². The van der Waals surface area contributed by atoms with E-state index in [0.29, 0.717) is 11.3 Å². The van der Waals surface area contributed by atoms with Crippen molar-refractivity contribution in [3.63, 3.8) is 0 Å². The molecule has 0 aliphatic rings. The number of hydrogen-bond acceptors (Lipinski definition) is 4. The molecule has 0 saturated carbocycles. The standard InChI is InChI=1S/C20H15N3O3/c24-18(15-8-3-1-4-9-15)22-20(26)23(17-11-5-2-6-12-17)19(25)16-10-7-13-21-14-16/h1-14H,(H,22,24,26). The number of nitrogens with one attached hydrogen (secondary N) is 1. The molecule has 0 unspecified atom stereocenters. The van der Waals surface area contributed by atoms with Gasteiger partial charge in [-0.25, -0.2) is 9.69 Å². The SMILES string of the molecule is O=C(NC(=O)N(C(=O)c1cccnc1)c1ccccc1)c1ccccc1. The van der Waals surface area contributed by atoms with Gasteiger partial charge < -0.3 is 0 Å². The molecule has 0 bridgehead atoms. The lowest BCUT2D eigenvalue weighted by Crippen LogP contribution is -2.46. The molecule has 0 aliphatic carbocycles. The fourth-order valence-electron chi connectivity index (χ4n) is 2.34. The predicted molar refractivity (Wildman–Crippen MR) is 96.8 cm³/mol. The van der Waals surface area contributed by atoms with Crippen LogP contribution in [0.25, 0.3) is 0 Å². The molecule has 0 fully saturated rings. The maximum atomic E-state index is 12.8. The van der Waals surface area contributed by atoms with Crippen LogP contribution in [0.3, 0.4) is 0 Å². The number of pyridine rings is 1. The number of nitrogens with zero attached hydrogens (tertiary/aromatic N) is 2. The van der Waals surface area contributed by atoms with E-state index in [1.807, 2.05) is 0 Å². The molecule has 6 nitrogen and oxygen atoms in total. The molecule has 128 valence electrons. The molecule has 4 amide bonds. The highest BCUT2D eigenvalue weighted by Crippen LogP contribution is 2.17. The van der Waals surface area contributed by atoms with Gasteiger partial charge in [-0.1, -0.05) is 36.4 Å². The topological polar surface area (TPSA) is 79.4 Å².